The van der Waals surface area contributed by atoms with Gasteiger partial charge in [-0.15, -0.1) is 84.9 Å². The molecule has 1 aliphatic rings. The molecular weight excluding hydrogens is 976 g/mol. The van der Waals surface area contributed by atoms with Crippen molar-refractivity contribution in [2.45, 2.75) is 26.2 Å². The molecule has 0 fully saturated rings. The summed E-state index contributed by atoms with van der Waals surface area (Å²) in [4.78, 5) is 19.9. The number of aromatic nitrogens is 4. The Balaban J connectivity index is 0.00000180. The number of hydrogen-bond acceptors (Lipinski definition) is 10. The number of rotatable bonds is 0. The smallest absolute Gasteiger partial charge is 0.0968 e. The summed E-state index contributed by atoms with van der Waals surface area (Å²) in [7, 11) is 0. The van der Waals surface area contributed by atoms with E-state index in [1.165, 1.54) is 0 Å². The predicted octanol–water partition coefficient (Wildman–Crippen LogP) is 6.87. The summed E-state index contributed by atoms with van der Waals surface area (Å²) in [5, 5.41) is 18.2. The lowest BCUT2D eigenvalue weighted by molar-refractivity contribution is 0.137. The van der Waals surface area contributed by atoms with Crippen LogP contribution in [0.15, 0.2) is 72.8 Å². The van der Waals surface area contributed by atoms with Crippen LogP contribution in [0.3, 0.4) is 0 Å². The van der Waals surface area contributed by atoms with Gasteiger partial charge in [0.1, 0.15) is 0 Å². The summed E-state index contributed by atoms with van der Waals surface area (Å²) < 4.78 is 11.7. The molecule has 0 aliphatic carbocycles. The summed E-state index contributed by atoms with van der Waals surface area (Å²) >= 11 is 0. The quantitative estimate of drug-likeness (QED) is 0.120. The summed E-state index contributed by atoms with van der Waals surface area (Å²) in [5.74, 6) is 0. The van der Waals surface area contributed by atoms with Crippen molar-refractivity contribution >= 4 is 129 Å². The van der Waals surface area contributed by atoms with Crippen LogP contribution in [0.2, 0.25) is 0 Å². The molecule has 10 nitrogen and oxygen atoms in total. The minimum Gasteiger partial charge on any atom is -0.379 e. The van der Waals surface area contributed by atoms with E-state index in [4.69, 9.17) is 29.4 Å². The SMILES string of the molecule is Br.Br.Br.Br.Br.c1cc2ccc3ccc4nc3c2nc1CNCCOCCNCc1ccc2ccc3ccc(nc3c2n1)CNCCOCCNC4. The molecule has 0 saturated heterocycles. The van der Waals surface area contributed by atoms with E-state index in [9.17, 15) is 0 Å². The predicted molar refractivity (Wildman–Crippen MR) is 234 cm³/mol. The van der Waals surface area contributed by atoms with Gasteiger partial charge < -0.3 is 30.7 Å². The van der Waals surface area contributed by atoms with Crippen molar-refractivity contribution in [1.82, 2.24) is 41.2 Å². The zero-order valence-corrected chi connectivity index (χ0v) is 36.6. The minimum absolute atomic E-state index is 0. The average molecular weight is 1020 g/mol. The highest BCUT2D eigenvalue weighted by Crippen LogP contribution is 2.24. The second-order valence-corrected chi connectivity index (χ2v) is 11.6. The van der Waals surface area contributed by atoms with Crippen molar-refractivity contribution in [3.8, 4) is 0 Å². The monoisotopic (exact) mass is 1020 g/mol. The highest BCUT2D eigenvalue weighted by molar-refractivity contribution is 8.93. The molecule has 276 valence electrons. The molecule has 0 atom stereocenters. The third-order valence-electron chi connectivity index (χ3n) is 8.19. The molecule has 2 aromatic carbocycles. The van der Waals surface area contributed by atoms with Gasteiger partial charge in [0.05, 0.1) is 71.3 Å². The van der Waals surface area contributed by atoms with Crippen molar-refractivity contribution in [2.24, 2.45) is 0 Å². The van der Waals surface area contributed by atoms with Gasteiger partial charge in [-0.05, 0) is 24.3 Å². The highest BCUT2D eigenvalue weighted by Gasteiger charge is 2.09. The van der Waals surface area contributed by atoms with E-state index >= 15 is 0 Å². The van der Waals surface area contributed by atoms with Crippen LogP contribution in [-0.2, 0) is 35.7 Å². The molecule has 15 heteroatoms. The van der Waals surface area contributed by atoms with Gasteiger partial charge in [-0.1, -0.05) is 48.5 Å². The van der Waals surface area contributed by atoms with Crippen LogP contribution in [-0.4, -0.2) is 72.5 Å². The van der Waals surface area contributed by atoms with Gasteiger partial charge in [0.25, 0.3) is 0 Å². The van der Waals surface area contributed by atoms with Gasteiger partial charge in [0.15, 0.2) is 0 Å². The number of halogens is 5. The van der Waals surface area contributed by atoms with Crippen molar-refractivity contribution in [1.29, 1.82) is 0 Å². The van der Waals surface area contributed by atoms with Crippen LogP contribution in [0.4, 0.5) is 0 Å². The van der Waals surface area contributed by atoms with Crippen LogP contribution >= 0.6 is 84.9 Å². The Morgan fingerprint density at radius 1 is 0.333 bits per heavy atom. The molecule has 8 bridgehead atoms. The summed E-state index contributed by atoms with van der Waals surface area (Å²) in [6, 6.07) is 25.3. The number of pyridine rings is 4. The first-order valence-corrected chi connectivity index (χ1v) is 16.2. The largest absolute Gasteiger partial charge is 0.379 e. The van der Waals surface area contributed by atoms with E-state index < -0.39 is 0 Å². The Kier molecular flexibility index (Phi) is 20.6. The molecule has 1 aliphatic heterocycles. The molecule has 4 N–H and O–H groups in total. The van der Waals surface area contributed by atoms with E-state index in [1.54, 1.807) is 0 Å². The molecule has 51 heavy (non-hydrogen) atoms. The Morgan fingerprint density at radius 3 is 0.784 bits per heavy atom. The van der Waals surface area contributed by atoms with E-state index in [0.29, 0.717) is 52.6 Å². The Hall–Kier alpha value is -1.76. The first-order valence-electron chi connectivity index (χ1n) is 16.2. The Bertz CT molecular complexity index is 1690. The zero-order chi connectivity index (χ0) is 31.0. The minimum atomic E-state index is 0. The van der Waals surface area contributed by atoms with Crippen LogP contribution in [0, 0.1) is 0 Å². The third-order valence-corrected chi connectivity index (χ3v) is 8.19. The molecule has 0 saturated carbocycles. The summed E-state index contributed by atoms with van der Waals surface area (Å²) in [6.07, 6.45) is 0. The normalized spacial score (nSPS) is 15.2. The molecule has 0 amide bonds. The molecule has 0 unspecified atom stereocenters. The molecule has 7 rings (SSSR count). The van der Waals surface area contributed by atoms with Crippen molar-refractivity contribution in [3.63, 3.8) is 0 Å². The maximum Gasteiger partial charge on any atom is 0.0968 e. The van der Waals surface area contributed by atoms with E-state index in [2.05, 4.69) is 94.1 Å². The first-order chi connectivity index (χ1) is 22.8. The van der Waals surface area contributed by atoms with Crippen LogP contribution < -0.4 is 21.3 Å². The van der Waals surface area contributed by atoms with Crippen molar-refractivity contribution in [3.05, 3.63) is 95.6 Å². The van der Waals surface area contributed by atoms with Crippen molar-refractivity contribution in [2.75, 3.05) is 52.6 Å². The lowest BCUT2D eigenvalue weighted by Gasteiger charge is -2.11. The summed E-state index contributed by atoms with van der Waals surface area (Å²) in [5.41, 5.74) is 7.68. The topological polar surface area (TPSA) is 118 Å². The lowest BCUT2D eigenvalue weighted by atomic mass is 10.1. The number of benzene rings is 2. The van der Waals surface area contributed by atoms with Gasteiger partial charge in [0.2, 0.25) is 0 Å². The molecule has 6 aromatic rings. The standard InChI is InChI=1S/C36H40N8O2.5BrH/c1-2-26-6-10-30-22-38-14-18-46-20-16-40-24-32-12-8-28-4-3-27-7-11-31(43-35(27)36(28)44-32)23-39-15-19-45-17-13-37-21-29-9-5-25(1)33(41-29)34(26)42-30;;;;;/h1-12,37-40H,13-24H2;5*1H. The molecule has 5 heterocycles. The van der Waals surface area contributed by atoms with Gasteiger partial charge >= 0.3 is 0 Å². The van der Waals surface area contributed by atoms with Gasteiger partial charge in [-0.2, -0.15) is 0 Å². The number of ether oxygens (including phenoxy) is 2. The molecule has 4 aromatic heterocycles. The fraction of sp³-hybridized carbons (Fsp3) is 0.333. The van der Waals surface area contributed by atoms with Crippen LogP contribution in [0.1, 0.15) is 22.8 Å². The molecule has 0 spiro atoms. The number of nitrogens with one attached hydrogen (secondary N) is 4. The summed E-state index contributed by atoms with van der Waals surface area (Å²) in [6.45, 7) is 8.18. The van der Waals surface area contributed by atoms with E-state index in [-0.39, 0.29) is 84.9 Å². The maximum absolute atomic E-state index is 5.86. The number of fused-ring (bicyclic) bond motifs is 4. The average Bonchev–Trinajstić information content (AvgIpc) is 3.09. The highest BCUT2D eigenvalue weighted by atomic mass is 79.9. The second-order valence-electron chi connectivity index (χ2n) is 11.6. The van der Waals surface area contributed by atoms with Crippen LogP contribution in [0.5, 0.6) is 0 Å². The third kappa shape index (κ3) is 12.1. The fourth-order valence-electron chi connectivity index (χ4n) is 5.74. The van der Waals surface area contributed by atoms with E-state index in [1.807, 2.05) is 0 Å². The van der Waals surface area contributed by atoms with Crippen molar-refractivity contribution < 1.29 is 9.47 Å². The second kappa shape index (κ2) is 23.1. The van der Waals surface area contributed by atoms with Gasteiger partial charge in [0, 0.05) is 73.9 Å². The number of hydrogen-bond donors (Lipinski definition) is 4. The van der Waals surface area contributed by atoms with Gasteiger partial charge in [-0.3, -0.25) is 0 Å². The van der Waals surface area contributed by atoms with Crippen LogP contribution in [0.25, 0.3) is 43.6 Å². The molecular formula is C36H45Br5N8O2. The maximum atomic E-state index is 5.86. The fourth-order valence-corrected chi connectivity index (χ4v) is 5.74. The Morgan fingerprint density at radius 2 is 0.549 bits per heavy atom. The Labute approximate surface area is 350 Å². The zero-order valence-electron chi connectivity index (χ0n) is 28.1. The number of nitrogens with zero attached hydrogens (tertiary/aromatic N) is 4. The molecule has 0 radical (unpaired) electrons. The van der Waals surface area contributed by atoms with E-state index in [0.717, 1.165) is 92.6 Å². The first kappa shape index (κ1) is 45.4. The lowest BCUT2D eigenvalue weighted by Crippen LogP contribution is -2.24. The van der Waals surface area contributed by atoms with Gasteiger partial charge in [-0.25, -0.2) is 19.9 Å².